The van der Waals surface area contributed by atoms with Gasteiger partial charge in [-0.15, -0.1) is 0 Å². The second-order valence-corrected chi connectivity index (χ2v) is 6.68. The first-order valence-corrected chi connectivity index (χ1v) is 8.80. The Morgan fingerprint density at radius 2 is 1.52 bits per heavy atom. The number of para-hydroxylation sites is 1. The number of carbonyl (C=O) groups is 2. The molecule has 4 nitrogen and oxygen atoms in total. The minimum atomic E-state index is -1.11. The molecule has 0 heterocycles. The van der Waals surface area contributed by atoms with Crippen LogP contribution in [0.2, 0.25) is 10.0 Å². The number of carboxylic acid groups (broad SMARTS) is 1. The van der Waals surface area contributed by atoms with Crippen molar-refractivity contribution in [1.82, 2.24) is 0 Å². The summed E-state index contributed by atoms with van der Waals surface area (Å²) in [5.74, 6) is -1.51. The summed E-state index contributed by atoms with van der Waals surface area (Å²) in [5, 5.41) is 10.2. The molecule has 27 heavy (non-hydrogen) atoms. The lowest BCUT2D eigenvalue weighted by molar-refractivity contribution is 0.0697. The Morgan fingerprint density at radius 3 is 2.19 bits per heavy atom. The zero-order valence-corrected chi connectivity index (χ0v) is 15.8. The molecule has 0 aromatic heterocycles. The van der Waals surface area contributed by atoms with Gasteiger partial charge in [-0.1, -0.05) is 59.6 Å². The third kappa shape index (κ3) is 3.82. The number of nitrogens with zero attached hydrogens (tertiary/aromatic N) is 1. The summed E-state index contributed by atoms with van der Waals surface area (Å²) < 4.78 is 0. The van der Waals surface area contributed by atoms with Crippen LogP contribution in [0.5, 0.6) is 0 Å². The first-order valence-electron chi connectivity index (χ1n) is 8.05. The monoisotopic (exact) mass is 399 g/mol. The first kappa shape index (κ1) is 19.0. The maximum absolute atomic E-state index is 12.9. The lowest BCUT2D eigenvalue weighted by atomic mass is 10.0. The van der Waals surface area contributed by atoms with Crippen molar-refractivity contribution in [3.05, 3.63) is 87.9 Å². The van der Waals surface area contributed by atoms with E-state index in [0.29, 0.717) is 10.7 Å². The molecule has 1 amide bonds. The quantitative estimate of drug-likeness (QED) is 0.617. The molecule has 0 fully saturated rings. The largest absolute Gasteiger partial charge is 0.478 e. The molecule has 3 aromatic rings. The zero-order valence-electron chi connectivity index (χ0n) is 14.3. The van der Waals surface area contributed by atoms with Gasteiger partial charge in [0.15, 0.2) is 0 Å². The number of carboxylic acids is 1. The normalized spacial score (nSPS) is 10.5. The zero-order chi connectivity index (χ0) is 19.6. The fourth-order valence-electron chi connectivity index (χ4n) is 2.79. The molecule has 0 saturated carbocycles. The Bertz CT molecular complexity index is 1030. The molecule has 0 spiro atoms. The van der Waals surface area contributed by atoms with E-state index in [2.05, 4.69) is 0 Å². The van der Waals surface area contributed by atoms with Crippen LogP contribution in [0.25, 0.3) is 11.1 Å². The number of benzene rings is 3. The smallest absolute Gasteiger partial charge is 0.337 e. The highest BCUT2D eigenvalue weighted by Gasteiger charge is 2.21. The number of anilines is 1. The minimum absolute atomic E-state index is 0.0390. The predicted octanol–water partition coefficient (Wildman–Crippen LogP) is 5.64. The van der Waals surface area contributed by atoms with E-state index >= 15 is 0 Å². The standard InChI is InChI=1S/C21H15Cl2NO3/c1-24(19-9-5-3-7-16(19)21(26)27)20(25)15-11-10-13(12-18(15)23)14-6-2-4-8-17(14)22/h2-12H,1H3,(H,26,27). The molecule has 0 aliphatic rings. The molecule has 136 valence electrons. The highest BCUT2D eigenvalue weighted by atomic mass is 35.5. The van der Waals surface area contributed by atoms with Crippen molar-refractivity contribution in [2.24, 2.45) is 0 Å². The number of amides is 1. The van der Waals surface area contributed by atoms with E-state index in [0.717, 1.165) is 11.1 Å². The van der Waals surface area contributed by atoms with Gasteiger partial charge in [-0.2, -0.15) is 0 Å². The third-order valence-electron chi connectivity index (χ3n) is 4.18. The molecule has 0 atom stereocenters. The summed E-state index contributed by atoms with van der Waals surface area (Å²) in [7, 11) is 1.52. The van der Waals surface area contributed by atoms with Gasteiger partial charge in [0.2, 0.25) is 0 Å². The molecule has 0 radical (unpaired) electrons. The Hall–Kier alpha value is -2.82. The van der Waals surface area contributed by atoms with Crippen LogP contribution in [0.1, 0.15) is 20.7 Å². The van der Waals surface area contributed by atoms with Crippen molar-refractivity contribution in [3.63, 3.8) is 0 Å². The number of rotatable bonds is 4. The predicted molar refractivity (Wildman–Crippen MR) is 108 cm³/mol. The second kappa shape index (κ2) is 7.82. The Balaban J connectivity index is 1.96. The van der Waals surface area contributed by atoms with Crippen LogP contribution >= 0.6 is 23.2 Å². The summed E-state index contributed by atoms with van der Waals surface area (Å²) in [6.07, 6.45) is 0. The van der Waals surface area contributed by atoms with E-state index in [-0.39, 0.29) is 16.1 Å². The van der Waals surface area contributed by atoms with Crippen LogP contribution in [0.15, 0.2) is 66.7 Å². The summed E-state index contributed by atoms with van der Waals surface area (Å²) in [5.41, 5.74) is 2.20. The summed E-state index contributed by atoms with van der Waals surface area (Å²) in [4.78, 5) is 25.6. The maximum atomic E-state index is 12.9. The fourth-order valence-corrected chi connectivity index (χ4v) is 3.29. The van der Waals surface area contributed by atoms with Crippen molar-refractivity contribution >= 4 is 40.8 Å². The highest BCUT2D eigenvalue weighted by molar-refractivity contribution is 6.35. The number of hydrogen-bond donors (Lipinski definition) is 1. The van der Waals surface area contributed by atoms with E-state index < -0.39 is 11.9 Å². The van der Waals surface area contributed by atoms with Crippen LogP contribution in [0.4, 0.5) is 5.69 Å². The molecule has 0 aliphatic heterocycles. The van der Waals surface area contributed by atoms with Gasteiger partial charge < -0.3 is 10.0 Å². The number of hydrogen-bond acceptors (Lipinski definition) is 2. The molecule has 0 aliphatic carbocycles. The molecule has 6 heteroatoms. The van der Waals surface area contributed by atoms with Crippen LogP contribution in [0, 0.1) is 0 Å². The lowest BCUT2D eigenvalue weighted by Gasteiger charge is -2.20. The number of aromatic carboxylic acids is 1. The molecule has 3 rings (SSSR count). The Kier molecular flexibility index (Phi) is 5.49. The van der Waals surface area contributed by atoms with Crippen LogP contribution in [0.3, 0.4) is 0 Å². The van der Waals surface area contributed by atoms with Crippen molar-refractivity contribution < 1.29 is 14.7 Å². The van der Waals surface area contributed by atoms with E-state index in [1.807, 2.05) is 18.2 Å². The molecular formula is C21H15Cl2NO3. The molecular weight excluding hydrogens is 385 g/mol. The molecule has 1 N–H and O–H groups in total. The fraction of sp³-hybridized carbons (Fsp3) is 0.0476. The van der Waals surface area contributed by atoms with Gasteiger partial charge in [0.25, 0.3) is 5.91 Å². The summed E-state index contributed by atoms with van der Waals surface area (Å²) in [6, 6.07) is 18.7. The maximum Gasteiger partial charge on any atom is 0.337 e. The molecule has 3 aromatic carbocycles. The molecule has 0 unspecified atom stereocenters. The van der Waals surface area contributed by atoms with Crippen LogP contribution in [-0.4, -0.2) is 24.0 Å². The number of carbonyl (C=O) groups excluding carboxylic acids is 1. The van der Waals surface area contributed by atoms with Gasteiger partial charge >= 0.3 is 5.97 Å². The van der Waals surface area contributed by atoms with Gasteiger partial charge in [0.05, 0.1) is 21.8 Å². The SMILES string of the molecule is CN(C(=O)c1ccc(-c2ccccc2Cl)cc1Cl)c1ccccc1C(=O)O. The summed E-state index contributed by atoms with van der Waals surface area (Å²) >= 11 is 12.6. The second-order valence-electron chi connectivity index (χ2n) is 5.86. The highest BCUT2D eigenvalue weighted by Crippen LogP contribution is 2.32. The van der Waals surface area contributed by atoms with Crippen LogP contribution in [-0.2, 0) is 0 Å². The van der Waals surface area contributed by atoms with E-state index in [9.17, 15) is 14.7 Å². The lowest BCUT2D eigenvalue weighted by Crippen LogP contribution is -2.28. The molecule has 0 saturated heterocycles. The van der Waals surface area contributed by atoms with Crippen LogP contribution < -0.4 is 4.90 Å². The van der Waals surface area contributed by atoms with Crippen molar-refractivity contribution in [3.8, 4) is 11.1 Å². The van der Waals surface area contributed by atoms with Gasteiger partial charge in [-0.25, -0.2) is 4.79 Å². The average molecular weight is 400 g/mol. The number of halogens is 2. The van der Waals surface area contributed by atoms with Gasteiger partial charge in [-0.3, -0.25) is 4.79 Å². The average Bonchev–Trinajstić information content (AvgIpc) is 2.67. The topological polar surface area (TPSA) is 57.6 Å². The minimum Gasteiger partial charge on any atom is -0.478 e. The third-order valence-corrected chi connectivity index (χ3v) is 4.83. The Morgan fingerprint density at radius 1 is 0.852 bits per heavy atom. The van der Waals surface area contributed by atoms with Gasteiger partial charge in [0.1, 0.15) is 0 Å². The molecule has 0 bridgehead atoms. The first-order chi connectivity index (χ1) is 12.9. The van der Waals surface area contributed by atoms with E-state index in [1.54, 1.807) is 42.5 Å². The van der Waals surface area contributed by atoms with E-state index in [4.69, 9.17) is 23.2 Å². The summed E-state index contributed by atoms with van der Waals surface area (Å²) in [6.45, 7) is 0. The van der Waals surface area contributed by atoms with Gasteiger partial charge in [0, 0.05) is 17.6 Å². The Labute approximate surface area is 166 Å². The van der Waals surface area contributed by atoms with E-state index in [1.165, 1.54) is 18.0 Å². The van der Waals surface area contributed by atoms with Gasteiger partial charge in [-0.05, 0) is 35.9 Å². The van der Waals surface area contributed by atoms with Crippen molar-refractivity contribution in [2.75, 3.05) is 11.9 Å². The van der Waals surface area contributed by atoms with Crippen molar-refractivity contribution in [2.45, 2.75) is 0 Å². The van der Waals surface area contributed by atoms with Crippen molar-refractivity contribution in [1.29, 1.82) is 0 Å².